The first-order valence-corrected chi connectivity index (χ1v) is 4.87. The Morgan fingerprint density at radius 1 is 1.08 bits per heavy atom. The van der Waals surface area contributed by atoms with Crippen LogP contribution in [0.5, 0.6) is 0 Å². The maximum atomic E-state index is 11.8. The van der Waals surface area contributed by atoms with E-state index >= 15 is 0 Å². The highest BCUT2D eigenvalue weighted by atomic mass is 16.1. The first-order valence-electron chi connectivity index (χ1n) is 4.87. The van der Waals surface area contributed by atoms with Crippen LogP contribution >= 0.6 is 0 Å². The number of hydrogen-bond acceptors (Lipinski definition) is 1. The molecule has 0 heterocycles. The molecule has 1 heteroatoms. The number of carbonyl (C=O) groups excluding carboxylic acids is 1. The molecule has 0 spiro atoms. The molecule has 0 aromatic carbocycles. The molecule has 2 bridgehead atoms. The van der Waals surface area contributed by atoms with Gasteiger partial charge in [0.1, 0.15) is 5.78 Å². The summed E-state index contributed by atoms with van der Waals surface area (Å²) in [5.74, 6) is 0.501. The van der Waals surface area contributed by atoms with Gasteiger partial charge in [-0.15, -0.1) is 0 Å². The van der Waals surface area contributed by atoms with Crippen molar-refractivity contribution in [2.45, 2.75) is 47.0 Å². The molecule has 2 saturated carbocycles. The standard InChI is InChI=1S/C11H18O/c1-9(2)10(3)5-6-11(9,4)8(12)7-10/h5-7H2,1-4H3/t10?,11-/m1/s1. The maximum absolute atomic E-state index is 11.8. The van der Waals surface area contributed by atoms with Crippen molar-refractivity contribution in [3.05, 3.63) is 0 Å². The van der Waals surface area contributed by atoms with Gasteiger partial charge in [0.15, 0.2) is 0 Å². The summed E-state index contributed by atoms with van der Waals surface area (Å²) in [5.41, 5.74) is 0.498. The van der Waals surface area contributed by atoms with E-state index in [0.717, 1.165) is 12.8 Å². The molecule has 0 N–H and O–H groups in total. The van der Waals surface area contributed by atoms with Crippen molar-refractivity contribution in [3.8, 4) is 0 Å². The molecule has 2 aliphatic rings. The van der Waals surface area contributed by atoms with Crippen molar-refractivity contribution < 1.29 is 4.79 Å². The molecule has 0 aromatic heterocycles. The average Bonchev–Trinajstić information content (AvgIpc) is 2.18. The molecule has 2 atom stereocenters. The summed E-state index contributed by atoms with van der Waals surface area (Å²) in [7, 11) is 0. The van der Waals surface area contributed by atoms with Crippen LogP contribution in [0.2, 0.25) is 0 Å². The third-order valence-electron chi connectivity index (χ3n) is 5.23. The van der Waals surface area contributed by atoms with Gasteiger partial charge in [0, 0.05) is 11.8 Å². The van der Waals surface area contributed by atoms with Crippen LogP contribution in [0.25, 0.3) is 0 Å². The molecule has 1 unspecified atom stereocenters. The van der Waals surface area contributed by atoms with E-state index in [2.05, 4.69) is 27.7 Å². The Morgan fingerprint density at radius 3 is 1.83 bits per heavy atom. The Labute approximate surface area is 74.5 Å². The molecular weight excluding hydrogens is 148 g/mol. The molecule has 0 radical (unpaired) electrons. The highest BCUT2D eigenvalue weighted by Crippen LogP contribution is 2.70. The van der Waals surface area contributed by atoms with Crippen molar-refractivity contribution in [1.29, 1.82) is 0 Å². The van der Waals surface area contributed by atoms with Gasteiger partial charge < -0.3 is 0 Å². The SMILES string of the molecule is CC12CC[C@](C)(C(=O)C1)C2(C)C. The zero-order valence-corrected chi connectivity index (χ0v) is 8.53. The first-order chi connectivity index (χ1) is 5.33. The molecular formula is C11H18O. The summed E-state index contributed by atoms with van der Waals surface area (Å²) in [6.07, 6.45) is 3.16. The van der Waals surface area contributed by atoms with E-state index in [1.807, 2.05) is 0 Å². The maximum Gasteiger partial charge on any atom is 0.139 e. The topological polar surface area (TPSA) is 17.1 Å². The minimum absolute atomic E-state index is 0.0122. The molecule has 12 heavy (non-hydrogen) atoms. The molecule has 2 fully saturated rings. The third-order valence-corrected chi connectivity index (χ3v) is 5.23. The second-order valence-corrected chi connectivity index (χ2v) is 5.62. The highest BCUT2D eigenvalue weighted by Gasteiger charge is 2.67. The van der Waals surface area contributed by atoms with E-state index in [9.17, 15) is 4.79 Å². The first kappa shape index (κ1) is 8.28. The zero-order valence-electron chi connectivity index (χ0n) is 8.53. The second-order valence-electron chi connectivity index (χ2n) is 5.62. The fourth-order valence-electron chi connectivity index (χ4n) is 3.16. The largest absolute Gasteiger partial charge is 0.299 e. The fourth-order valence-corrected chi connectivity index (χ4v) is 3.16. The second kappa shape index (κ2) is 1.78. The lowest BCUT2D eigenvalue weighted by molar-refractivity contribution is -0.128. The van der Waals surface area contributed by atoms with Crippen molar-refractivity contribution in [2.24, 2.45) is 16.2 Å². The molecule has 0 saturated heterocycles. The monoisotopic (exact) mass is 166 g/mol. The van der Waals surface area contributed by atoms with Gasteiger partial charge in [-0.05, 0) is 23.7 Å². The number of Topliss-reactive ketones (excluding diaryl/α,β-unsaturated/α-hetero) is 1. The van der Waals surface area contributed by atoms with E-state index in [0.29, 0.717) is 11.2 Å². The lowest BCUT2D eigenvalue weighted by Gasteiger charge is -2.37. The van der Waals surface area contributed by atoms with E-state index in [1.54, 1.807) is 0 Å². The van der Waals surface area contributed by atoms with Crippen molar-refractivity contribution in [1.82, 2.24) is 0 Å². The Hall–Kier alpha value is -0.330. The van der Waals surface area contributed by atoms with Gasteiger partial charge in [0.05, 0.1) is 0 Å². The van der Waals surface area contributed by atoms with E-state index in [4.69, 9.17) is 0 Å². The van der Waals surface area contributed by atoms with Gasteiger partial charge in [0.25, 0.3) is 0 Å². The van der Waals surface area contributed by atoms with Crippen LogP contribution in [-0.2, 0) is 4.79 Å². The van der Waals surface area contributed by atoms with Crippen molar-refractivity contribution in [2.75, 3.05) is 0 Å². The van der Waals surface area contributed by atoms with Crippen LogP contribution in [0, 0.1) is 16.2 Å². The number of ketones is 1. The van der Waals surface area contributed by atoms with Crippen molar-refractivity contribution >= 4 is 5.78 Å². The third kappa shape index (κ3) is 0.571. The summed E-state index contributed by atoms with van der Waals surface area (Å²) >= 11 is 0. The number of fused-ring (bicyclic) bond motifs is 2. The predicted octanol–water partition coefficient (Wildman–Crippen LogP) is 2.79. The number of hydrogen-bond donors (Lipinski definition) is 0. The molecule has 2 rings (SSSR count). The molecule has 0 amide bonds. The van der Waals surface area contributed by atoms with E-state index < -0.39 is 0 Å². The van der Waals surface area contributed by atoms with Gasteiger partial charge >= 0.3 is 0 Å². The normalized spacial score (nSPS) is 50.2. The Bertz CT molecular complexity index is 254. The Kier molecular flexibility index (Phi) is 1.23. The number of carbonyl (C=O) groups is 1. The van der Waals surface area contributed by atoms with E-state index in [1.165, 1.54) is 6.42 Å². The van der Waals surface area contributed by atoms with Crippen LogP contribution in [0.4, 0.5) is 0 Å². The van der Waals surface area contributed by atoms with Crippen molar-refractivity contribution in [3.63, 3.8) is 0 Å². The lowest BCUT2D eigenvalue weighted by atomic mass is 9.66. The molecule has 0 aliphatic heterocycles. The summed E-state index contributed by atoms with van der Waals surface area (Å²) in [6.45, 7) is 8.98. The molecule has 68 valence electrons. The zero-order chi connectivity index (χ0) is 9.20. The van der Waals surface area contributed by atoms with E-state index in [-0.39, 0.29) is 10.8 Å². The highest BCUT2D eigenvalue weighted by molar-refractivity contribution is 5.90. The fraction of sp³-hybridized carbons (Fsp3) is 0.909. The minimum Gasteiger partial charge on any atom is -0.299 e. The Morgan fingerprint density at radius 2 is 1.67 bits per heavy atom. The molecule has 2 aliphatic carbocycles. The van der Waals surface area contributed by atoms with Crippen LogP contribution in [0.15, 0.2) is 0 Å². The summed E-state index contributed by atoms with van der Waals surface area (Å²) in [5, 5.41) is 0. The quantitative estimate of drug-likeness (QED) is 0.541. The lowest BCUT2D eigenvalue weighted by Crippen LogP contribution is -2.34. The van der Waals surface area contributed by atoms with Crippen LogP contribution in [0.3, 0.4) is 0 Å². The van der Waals surface area contributed by atoms with Crippen LogP contribution in [0.1, 0.15) is 47.0 Å². The smallest absolute Gasteiger partial charge is 0.139 e. The van der Waals surface area contributed by atoms with Gasteiger partial charge in [-0.25, -0.2) is 0 Å². The summed E-state index contributed by atoms with van der Waals surface area (Å²) < 4.78 is 0. The van der Waals surface area contributed by atoms with Gasteiger partial charge in [-0.1, -0.05) is 27.7 Å². The van der Waals surface area contributed by atoms with Gasteiger partial charge in [-0.3, -0.25) is 4.79 Å². The molecule has 0 aromatic rings. The molecule has 1 nitrogen and oxygen atoms in total. The minimum atomic E-state index is -0.0122. The van der Waals surface area contributed by atoms with Crippen LogP contribution < -0.4 is 0 Å². The average molecular weight is 166 g/mol. The van der Waals surface area contributed by atoms with Crippen LogP contribution in [-0.4, -0.2) is 5.78 Å². The van der Waals surface area contributed by atoms with Gasteiger partial charge in [0.2, 0.25) is 0 Å². The van der Waals surface area contributed by atoms with Gasteiger partial charge in [-0.2, -0.15) is 0 Å². The summed E-state index contributed by atoms with van der Waals surface area (Å²) in [4.78, 5) is 11.8. The number of rotatable bonds is 0. The predicted molar refractivity (Wildman–Crippen MR) is 48.9 cm³/mol. The summed E-state index contributed by atoms with van der Waals surface area (Å²) in [6, 6.07) is 0. The Balaban J connectivity index is 2.56.